The maximum atomic E-state index is 6.13. The van der Waals surface area contributed by atoms with Gasteiger partial charge in [0.1, 0.15) is 6.04 Å². The van der Waals surface area contributed by atoms with E-state index in [1.54, 1.807) is 11.3 Å². The molecule has 22 heavy (non-hydrogen) atoms. The first kappa shape index (κ1) is 17.2. The second-order valence-corrected chi connectivity index (χ2v) is 7.24. The van der Waals surface area contributed by atoms with Gasteiger partial charge in [-0.25, -0.2) is 0 Å². The minimum absolute atomic E-state index is 0.376. The van der Waals surface area contributed by atoms with Crippen LogP contribution in [0.15, 0.2) is 35.7 Å². The Hall–Kier alpha value is -1.14. The SMILES string of the molecule is Cc1ccc(NC(=S)NC[C@H](c2cccs2)[NH+](C)C)cc1Cl. The first-order valence-electron chi connectivity index (χ1n) is 7.12. The zero-order valence-corrected chi connectivity index (χ0v) is 15.3. The Morgan fingerprint density at radius 2 is 2.14 bits per heavy atom. The smallest absolute Gasteiger partial charge is 0.171 e. The molecule has 0 fully saturated rings. The van der Waals surface area contributed by atoms with Crippen LogP contribution in [0, 0.1) is 6.92 Å². The van der Waals surface area contributed by atoms with Gasteiger partial charge in [-0.1, -0.05) is 23.7 Å². The summed E-state index contributed by atoms with van der Waals surface area (Å²) in [6.07, 6.45) is 0. The predicted molar refractivity (Wildman–Crippen MR) is 100 cm³/mol. The van der Waals surface area contributed by atoms with Crippen molar-refractivity contribution in [1.29, 1.82) is 0 Å². The maximum Gasteiger partial charge on any atom is 0.171 e. The number of halogens is 1. The topological polar surface area (TPSA) is 28.5 Å². The average molecular weight is 355 g/mol. The largest absolute Gasteiger partial charge is 0.356 e. The van der Waals surface area contributed by atoms with E-state index in [0.29, 0.717) is 11.2 Å². The molecular formula is C16H21ClN3S2+. The van der Waals surface area contributed by atoms with Crippen LogP contribution in [0.1, 0.15) is 16.5 Å². The second-order valence-electron chi connectivity index (χ2n) is 5.44. The molecule has 0 aliphatic carbocycles. The highest BCUT2D eigenvalue weighted by Gasteiger charge is 2.18. The number of thiocarbonyl (C=S) groups is 1. The van der Waals surface area contributed by atoms with Gasteiger partial charge in [0.15, 0.2) is 5.11 Å². The summed E-state index contributed by atoms with van der Waals surface area (Å²) in [5.41, 5.74) is 1.96. The molecule has 0 saturated heterocycles. The van der Waals surface area contributed by atoms with Crippen molar-refractivity contribution in [3.8, 4) is 0 Å². The summed E-state index contributed by atoms with van der Waals surface area (Å²) < 4.78 is 0. The molecule has 1 atom stereocenters. The Morgan fingerprint density at radius 1 is 1.36 bits per heavy atom. The van der Waals surface area contributed by atoms with Gasteiger partial charge in [0.2, 0.25) is 0 Å². The number of hydrogen-bond donors (Lipinski definition) is 3. The molecule has 0 spiro atoms. The lowest BCUT2D eigenvalue weighted by Gasteiger charge is -2.21. The van der Waals surface area contributed by atoms with Gasteiger partial charge >= 0.3 is 0 Å². The predicted octanol–water partition coefficient (Wildman–Crippen LogP) is 2.88. The van der Waals surface area contributed by atoms with Gasteiger partial charge in [0.05, 0.1) is 25.5 Å². The molecule has 0 aliphatic rings. The molecule has 6 heteroatoms. The molecule has 3 N–H and O–H groups in total. The summed E-state index contributed by atoms with van der Waals surface area (Å²) in [6.45, 7) is 2.77. The van der Waals surface area contributed by atoms with Gasteiger partial charge < -0.3 is 15.5 Å². The van der Waals surface area contributed by atoms with Gasteiger partial charge in [-0.15, -0.1) is 11.3 Å². The molecule has 118 valence electrons. The van der Waals surface area contributed by atoms with E-state index in [0.717, 1.165) is 22.8 Å². The van der Waals surface area contributed by atoms with Crippen molar-refractivity contribution >= 4 is 46.0 Å². The fourth-order valence-corrected chi connectivity index (χ4v) is 3.46. The van der Waals surface area contributed by atoms with Crippen LogP contribution < -0.4 is 15.5 Å². The summed E-state index contributed by atoms with van der Waals surface area (Å²) in [5.74, 6) is 0. The van der Waals surface area contributed by atoms with Crippen molar-refractivity contribution < 1.29 is 4.90 Å². The molecule has 0 unspecified atom stereocenters. The van der Waals surface area contributed by atoms with Crippen molar-refractivity contribution in [2.75, 3.05) is 26.0 Å². The van der Waals surface area contributed by atoms with E-state index in [4.69, 9.17) is 23.8 Å². The lowest BCUT2D eigenvalue weighted by molar-refractivity contribution is -0.890. The van der Waals surface area contributed by atoms with Gasteiger partial charge in [-0.05, 0) is 48.3 Å². The third-order valence-corrected chi connectivity index (χ3v) is 5.12. The molecule has 0 bridgehead atoms. The second kappa shape index (κ2) is 7.92. The number of rotatable bonds is 5. The zero-order chi connectivity index (χ0) is 16.1. The summed E-state index contributed by atoms with van der Waals surface area (Å²) >= 11 is 13.3. The molecule has 1 aromatic carbocycles. The highest BCUT2D eigenvalue weighted by Crippen LogP contribution is 2.20. The van der Waals surface area contributed by atoms with Crippen LogP contribution in [-0.4, -0.2) is 25.8 Å². The normalized spacial score (nSPS) is 12.2. The number of aryl methyl sites for hydroxylation is 1. The van der Waals surface area contributed by atoms with Crippen LogP contribution >= 0.6 is 35.2 Å². The monoisotopic (exact) mass is 354 g/mol. The van der Waals surface area contributed by atoms with Crippen LogP contribution in [0.25, 0.3) is 0 Å². The quantitative estimate of drug-likeness (QED) is 0.721. The zero-order valence-electron chi connectivity index (χ0n) is 12.9. The Morgan fingerprint density at radius 3 is 2.73 bits per heavy atom. The van der Waals surface area contributed by atoms with E-state index in [-0.39, 0.29) is 0 Å². The van der Waals surface area contributed by atoms with Crippen LogP contribution in [0.3, 0.4) is 0 Å². The molecule has 3 nitrogen and oxygen atoms in total. The summed E-state index contributed by atoms with van der Waals surface area (Å²) in [4.78, 5) is 2.73. The minimum Gasteiger partial charge on any atom is -0.356 e. The van der Waals surface area contributed by atoms with E-state index < -0.39 is 0 Å². The van der Waals surface area contributed by atoms with E-state index in [2.05, 4.69) is 42.2 Å². The molecule has 1 heterocycles. The van der Waals surface area contributed by atoms with Crippen LogP contribution in [0.4, 0.5) is 5.69 Å². The molecule has 1 aromatic heterocycles. The molecule has 0 aliphatic heterocycles. The number of likely N-dealkylation sites (N-methyl/N-ethyl adjacent to an activating group) is 1. The molecule has 0 saturated carbocycles. The highest BCUT2D eigenvalue weighted by molar-refractivity contribution is 7.80. The number of quaternary nitrogens is 1. The van der Waals surface area contributed by atoms with Gasteiger partial charge in [0.25, 0.3) is 0 Å². The third-order valence-electron chi connectivity index (χ3n) is 3.48. The first-order chi connectivity index (χ1) is 10.5. The summed E-state index contributed by atoms with van der Waals surface area (Å²) in [7, 11) is 4.31. The number of anilines is 1. The van der Waals surface area contributed by atoms with Crippen molar-refractivity contribution in [2.45, 2.75) is 13.0 Å². The fraction of sp³-hybridized carbons (Fsp3) is 0.312. The van der Waals surface area contributed by atoms with Gasteiger partial charge in [-0.2, -0.15) is 0 Å². The van der Waals surface area contributed by atoms with E-state index in [1.165, 1.54) is 9.78 Å². The summed E-state index contributed by atoms with van der Waals surface area (Å²) in [6, 6.07) is 10.5. The molecular weight excluding hydrogens is 334 g/mol. The fourth-order valence-electron chi connectivity index (χ4n) is 2.12. The Balaban J connectivity index is 1.92. The lowest BCUT2D eigenvalue weighted by atomic mass is 10.2. The molecule has 0 radical (unpaired) electrons. The Kier molecular flexibility index (Phi) is 6.20. The van der Waals surface area contributed by atoms with Crippen LogP contribution in [0.2, 0.25) is 5.02 Å². The first-order valence-corrected chi connectivity index (χ1v) is 8.78. The standard InChI is InChI=1S/C16H20ClN3S2/c1-11-6-7-12(9-13(11)17)19-16(21)18-10-14(20(2)3)15-5-4-8-22-15/h4-9,14H,10H2,1-3H3,(H2,18,19,21)/p+1/t14-/m1/s1. The third kappa shape index (κ3) is 4.68. The average Bonchev–Trinajstić information content (AvgIpc) is 2.97. The van der Waals surface area contributed by atoms with Crippen molar-refractivity contribution in [3.05, 3.63) is 51.2 Å². The number of benzene rings is 1. The van der Waals surface area contributed by atoms with E-state index in [9.17, 15) is 0 Å². The van der Waals surface area contributed by atoms with E-state index >= 15 is 0 Å². The van der Waals surface area contributed by atoms with Gasteiger partial charge in [-0.3, -0.25) is 0 Å². The molecule has 2 aromatic rings. The number of hydrogen-bond acceptors (Lipinski definition) is 2. The Labute approximate surface area is 146 Å². The minimum atomic E-state index is 0.376. The van der Waals surface area contributed by atoms with Crippen LogP contribution in [0.5, 0.6) is 0 Å². The Bertz CT molecular complexity index is 626. The van der Waals surface area contributed by atoms with Crippen molar-refractivity contribution in [3.63, 3.8) is 0 Å². The lowest BCUT2D eigenvalue weighted by Crippen LogP contribution is -3.06. The van der Waals surface area contributed by atoms with Gasteiger partial charge in [0, 0.05) is 10.7 Å². The number of nitrogens with one attached hydrogen (secondary N) is 3. The molecule has 2 rings (SSSR count). The maximum absolute atomic E-state index is 6.13. The van der Waals surface area contributed by atoms with Crippen LogP contribution in [-0.2, 0) is 0 Å². The molecule has 0 amide bonds. The highest BCUT2D eigenvalue weighted by atomic mass is 35.5. The number of thiophene rings is 1. The summed E-state index contributed by atoms with van der Waals surface area (Å²) in [5, 5.41) is 9.94. The van der Waals surface area contributed by atoms with Crippen molar-refractivity contribution in [1.82, 2.24) is 5.32 Å². The van der Waals surface area contributed by atoms with E-state index in [1.807, 2.05) is 25.1 Å². The van der Waals surface area contributed by atoms with Crippen molar-refractivity contribution in [2.24, 2.45) is 0 Å².